The van der Waals surface area contributed by atoms with Crippen LogP contribution in [0.3, 0.4) is 0 Å². The highest BCUT2D eigenvalue weighted by Crippen LogP contribution is 2.27. The first-order valence-electron chi connectivity index (χ1n) is 6.60. The van der Waals surface area contributed by atoms with Crippen LogP contribution in [0.4, 0.5) is 8.78 Å². The standard InChI is InChI=1S/C16H13ClF2N2/c1-10-4-2-6-12-16(10)21(14(20-12)8-9-17)13-7-3-5-11(18)15(13)19/h2-7H,8-9H2,1H3. The van der Waals surface area contributed by atoms with Crippen LogP contribution in [0.2, 0.25) is 0 Å². The van der Waals surface area contributed by atoms with E-state index in [0.29, 0.717) is 18.1 Å². The average molecular weight is 307 g/mol. The lowest BCUT2D eigenvalue weighted by atomic mass is 10.2. The lowest BCUT2D eigenvalue weighted by molar-refractivity contribution is 0.504. The van der Waals surface area contributed by atoms with Gasteiger partial charge in [-0.2, -0.15) is 0 Å². The molecule has 0 amide bonds. The quantitative estimate of drug-likeness (QED) is 0.656. The zero-order valence-electron chi connectivity index (χ0n) is 11.4. The van der Waals surface area contributed by atoms with Crippen LogP contribution in [0.15, 0.2) is 36.4 Å². The van der Waals surface area contributed by atoms with Gasteiger partial charge in [-0.05, 0) is 30.7 Å². The number of alkyl halides is 1. The van der Waals surface area contributed by atoms with Gasteiger partial charge in [-0.15, -0.1) is 11.6 Å². The Labute approximate surface area is 126 Å². The average Bonchev–Trinajstić information content (AvgIpc) is 2.82. The van der Waals surface area contributed by atoms with Crippen LogP contribution in [0.1, 0.15) is 11.4 Å². The Bertz CT molecular complexity index is 811. The molecule has 3 aromatic rings. The molecule has 0 N–H and O–H groups in total. The Morgan fingerprint density at radius 1 is 1.14 bits per heavy atom. The highest BCUT2D eigenvalue weighted by Gasteiger charge is 2.18. The van der Waals surface area contributed by atoms with Crippen LogP contribution >= 0.6 is 11.6 Å². The minimum Gasteiger partial charge on any atom is -0.293 e. The summed E-state index contributed by atoms with van der Waals surface area (Å²) in [5.41, 5.74) is 2.64. The molecular weight excluding hydrogens is 294 g/mol. The van der Waals surface area contributed by atoms with Crippen LogP contribution in [-0.2, 0) is 6.42 Å². The number of halogens is 3. The molecule has 1 aromatic heterocycles. The van der Waals surface area contributed by atoms with Gasteiger partial charge in [0.25, 0.3) is 0 Å². The fraction of sp³-hybridized carbons (Fsp3) is 0.188. The number of fused-ring (bicyclic) bond motifs is 1. The Hall–Kier alpha value is -1.94. The van der Waals surface area contributed by atoms with Gasteiger partial charge in [-0.1, -0.05) is 18.2 Å². The van der Waals surface area contributed by atoms with E-state index in [2.05, 4.69) is 4.98 Å². The Morgan fingerprint density at radius 3 is 2.67 bits per heavy atom. The smallest absolute Gasteiger partial charge is 0.182 e. The fourth-order valence-corrected chi connectivity index (χ4v) is 2.69. The summed E-state index contributed by atoms with van der Waals surface area (Å²) in [6, 6.07) is 9.80. The second kappa shape index (κ2) is 5.45. The minimum absolute atomic E-state index is 0.159. The van der Waals surface area contributed by atoms with E-state index in [-0.39, 0.29) is 5.69 Å². The minimum atomic E-state index is -0.879. The second-order valence-corrected chi connectivity index (χ2v) is 5.20. The monoisotopic (exact) mass is 306 g/mol. The molecular formula is C16H13ClF2N2. The molecule has 0 bridgehead atoms. The highest BCUT2D eigenvalue weighted by molar-refractivity contribution is 6.17. The summed E-state index contributed by atoms with van der Waals surface area (Å²) in [5, 5.41) is 0. The molecule has 5 heteroatoms. The summed E-state index contributed by atoms with van der Waals surface area (Å²) in [4.78, 5) is 4.50. The van der Waals surface area contributed by atoms with Crippen molar-refractivity contribution in [2.45, 2.75) is 13.3 Å². The van der Waals surface area contributed by atoms with Crippen molar-refractivity contribution in [1.82, 2.24) is 9.55 Å². The summed E-state index contributed by atoms with van der Waals surface area (Å²) < 4.78 is 29.4. The number of hydrogen-bond donors (Lipinski definition) is 0. The molecule has 0 saturated heterocycles. The number of benzene rings is 2. The van der Waals surface area contributed by atoms with Crippen LogP contribution in [-0.4, -0.2) is 15.4 Å². The first-order valence-corrected chi connectivity index (χ1v) is 7.14. The first kappa shape index (κ1) is 14.0. The van der Waals surface area contributed by atoms with E-state index in [1.807, 2.05) is 25.1 Å². The molecule has 21 heavy (non-hydrogen) atoms. The maximum Gasteiger partial charge on any atom is 0.182 e. The molecule has 2 aromatic carbocycles. The summed E-state index contributed by atoms with van der Waals surface area (Å²) in [5.74, 6) is -0.770. The molecule has 0 aliphatic heterocycles. The van der Waals surface area contributed by atoms with Crippen LogP contribution < -0.4 is 0 Å². The van der Waals surface area contributed by atoms with Crippen molar-refractivity contribution in [1.29, 1.82) is 0 Å². The maximum absolute atomic E-state index is 14.2. The largest absolute Gasteiger partial charge is 0.293 e. The van der Waals surface area contributed by atoms with Crippen molar-refractivity contribution in [3.05, 3.63) is 59.4 Å². The van der Waals surface area contributed by atoms with Gasteiger partial charge < -0.3 is 0 Å². The Morgan fingerprint density at radius 2 is 1.90 bits per heavy atom. The van der Waals surface area contributed by atoms with Crippen molar-refractivity contribution in [2.75, 3.05) is 5.88 Å². The number of nitrogens with zero attached hydrogens (tertiary/aromatic N) is 2. The molecule has 2 nitrogen and oxygen atoms in total. The van der Waals surface area contributed by atoms with Crippen molar-refractivity contribution in [3.8, 4) is 5.69 Å². The van der Waals surface area contributed by atoms with Gasteiger partial charge in [0.05, 0.1) is 16.7 Å². The predicted molar refractivity (Wildman–Crippen MR) is 80.1 cm³/mol. The van der Waals surface area contributed by atoms with E-state index in [1.165, 1.54) is 6.07 Å². The molecule has 0 aliphatic rings. The molecule has 0 fully saturated rings. The van der Waals surface area contributed by atoms with Crippen molar-refractivity contribution in [2.24, 2.45) is 0 Å². The van der Waals surface area contributed by atoms with E-state index in [0.717, 1.165) is 22.7 Å². The summed E-state index contributed by atoms with van der Waals surface area (Å²) in [6.07, 6.45) is 0.478. The molecule has 0 unspecified atom stereocenters. The topological polar surface area (TPSA) is 17.8 Å². The summed E-state index contributed by atoms with van der Waals surface area (Å²) >= 11 is 5.81. The number of imidazole rings is 1. The molecule has 0 saturated carbocycles. The van der Waals surface area contributed by atoms with Crippen molar-refractivity contribution < 1.29 is 8.78 Å². The second-order valence-electron chi connectivity index (χ2n) is 4.82. The lowest BCUT2D eigenvalue weighted by Gasteiger charge is -2.11. The number of rotatable bonds is 3. The molecule has 1 heterocycles. The molecule has 0 spiro atoms. The molecule has 0 atom stereocenters. The van der Waals surface area contributed by atoms with Crippen LogP contribution in [0.5, 0.6) is 0 Å². The van der Waals surface area contributed by atoms with Crippen LogP contribution in [0, 0.1) is 18.6 Å². The van der Waals surface area contributed by atoms with Gasteiger partial charge in [0.2, 0.25) is 0 Å². The Kier molecular flexibility index (Phi) is 3.64. The molecule has 0 aliphatic carbocycles. The third-order valence-electron chi connectivity index (χ3n) is 3.44. The number of para-hydroxylation sites is 1. The summed E-state index contributed by atoms with van der Waals surface area (Å²) in [7, 11) is 0. The molecule has 3 rings (SSSR count). The molecule has 0 radical (unpaired) electrons. The predicted octanol–water partition coefficient (Wildman–Crippen LogP) is 4.39. The number of hydrogen-bond acceptors (Lipinski definition) is 1. The van der Waals surface area contributed by atoms with Gasteiger partial charge >= 0.3 is 0 Å². The van der Waals surface area contributed by atoms with Crippen LogP contribution in [0.25, 0.3) is 16.7 Å². The zero-order valence-corrected chi connectivity index (χ0v) is 12.2. The van der Waals surface area contributed by atoms with E-state index >= 15 is 0 Å². The summed E-state index contributed by atoms with van der Waals surface area (Å²) in [6.45, 7) is 1.92. The highest BCUT2D eigenvalue weighted by atomic mass is 35.5. The third-order valence-corrected chi connectivity index (χ3v) is 3.63. The van der Waals surface area contributed by atoms with Gasteiger partial charge in [0.15, 0.2) is 11.6 Å². The molecule has 108 valence electrons. The van der Waals surface area contributed by atoms with Crippen molar-refractivity contribution in [3.63, 3.8) is 0 Å². The first-order chi connectivity index (χ1) is 10.1. The number of aryl methyl sites for hydroxylation is 2. The maximum atomic E-state index is 14.2. The zero-order chi connectivity index (χ0) is 15.0. The van der Waals surface area contributed by atoms with Gasteiger partial charge in [-0.3, -0.25) is 4.57 Å². The van der Waals surface area contributed by atoms with E-state index in [4.69, 9.17) is 11.6 Å². The van der Waals surface area contributed by atoms with Gasteiger partial charge in [0, 0.05) is 12.3 Å². The SMILES string of the molecule is Cc1cccc2nc(CCCl)n(-c3cccc(F)c3F)c12. The van der Waals surface area contributed by atoms with Crippen molar-refractivity contribution >= 4 is 22.6 Å². The normalized spacial score (nSPS) is 11.2. The van der Waals surface area contributed by atoms with E-state index in [1.54, 1.807) is 10.6 Å². The van der Waals surface area contributed by atoms with Gasteiger partial charge in [0.1, 0.15) is 5.82 Å². The Balaban J connectivity index is 2.39. The van der Waals surface area contributed by atoms with E-state index < -0.39 is 11.6 Å². The lowest BCUT2D eigenvalue weighted by Crippen LogP contribution is -2.06. The van der Waals surface area contributed by atoms with Gasteiger partial charge in [-0.25, -0.2) is 13.8 Å². The fourth-order valence-electron chi connectivity index (χ4n) is 2.52. The number of aromatic nitrogens is 2. The van der Waals surface area contributed by atoms with E-state index in [9.17, 15) is 8.78 Å². The third kappa shape index (κ3) is 2.29.